The molecule has 7 heteroatoms. The molecule has 0 spiro atoms. The maximum Gasteiger partial charge on any atom is 0.274 e. The number of rotatable bonds is 4. The minimum atomic E-state index is -0.198. The van der Waals surface area contributed by atoms with Crippen molar-refractivity contribution in [3.05, 3.63) is 58.0 Å². The Morgan fingerprint density at radius 1 is 1.15 bits per heavy atom. The average molecular weight is 369 g/mol. The molecule has 4 rings (SSSR count). The molecule has 2 aromatic heterocycles. The Balaban J connectivity index is 1.50. The van der Waals surface area contributed by atoms with E-state index in [1.165, 1.54) is 23.0 Å². The molecule has 0 amide bonds. The summed E-state index contributed by atoms with van der Waals surface area (Å²) in [6.07, 6.45) is 1.11. The molecule has 3 aromatic rings. The minimum absolute atomic E-state index is 0.198. The number of piperazine rings is 1. The SMILES string of the molecule is CC[C@@H](c1ccccc1)N1CCN(c2nn3c(C)cc(=O)nc3s2)CC1. The molecule has 1 aromatic carbocycles. The van der Waals surface area contributed by atoms with E-state index in [4.69, 9.17) is 0 Å². The fourth-order valence-electron chi connectivity index (χ4n) is 3.67. The smallest absolute Gasteiger partial charge is 0.274 e. The Hall–Kier alpha value is -2.25. The lowest BCUT2D eigenvalue weighted by molar-refractivity contribution is 0.181. The average Bonchev–Trinajstić information content (AvgIpc) is 3.08. The molecule has 1 aliphatic heterocycles. The predicted molar refractivity (Wildman–Crippen MR) is 105 cm³/mol. The van der Waals surface area contributed by atoms with Crippen LogP contribution in [0.25, 0.3) is 4.96 Å². The van der Waals surface area contributed by atoms with E-state index in [9.17, 15) is 4.79 Å². The van der Waals surface area contributed by atoms with E-state index in [2.05, 4.69) is 57.1 Å². The molecule has 136 valence electrons. The molecule has 0 unspecified atom stereocenters. The predicted octanol–water partition coefficient (Wildman–Crippen LogP) is 2.73. The lowest BCUT2D eigenvalue weighted by atomic mass is 10.0. The molecule has 1 atom stereocenters. The quantitative estimate of drug-likeness (QED) is 0.708. The second kappa shape index (κ2) is 7.17. The number of fused-ring (bicyclic) bond motifs is 1. The van der Waals surface area contributed by atoms with Gasteiger partial charge in [0, 0.05) is 44.0 Å². The summed E-state index contributed by atoms with van der Waals surface area (Å²) >= 11 is 1.49. The highest BCUT2D eigenvalue weighted by Crippen LogP contribution is 2.28. The van der Waals surface area contributed by atoms with Gasteiger partial charge in [-0.2, -0.15) is 4.98 Å². The summed E-state index contributed by atoms with van der Waals surface area (Å²) in [6.45, 7) is 8.03. The van der Waals surface area contributed by atoms with Crippen molar-refractivity contribution in [2.45, 2.75) is 26.3 Å². The molecule has 0 radical (unpaired) electrons. The standard InChI is InChI=1S/C19H23N5OS/c1-3-16(15-7-5-4-6-8-15)22-9-11-23(12-10-22)19-21-24-14(2)13-17(25)20-18(24)26-19/h4-8,13,16H,3,9-12H2,1-2H3/t16-/m0/s1. The summed E-state index contributed by atoms with van der Waals surface area (Å²) in [4.78, 5) is 21.2. The van der Waals surface area contributed by atoms with Crippen LogP contribution in [0.1, 0.15) is 30.6 Å². The van der Waals surface area contributed by atoms with Gasteiger partial charge in [-0.05, 0) is 18.9 Å². The molecule has 0 saturated carbocycles. The summed E-state index contributed by atoms with van der Waals surface area (Å²) < 4.78 is 1.77. The zero-order chi connectivity index (χ0) is 18.1. The van der Waals surface area contributed by atoms with Crippen LogP contribution in [0.4, 0.5) is 5.13 Å². The van der Waals surface area contributed by atoms with Gasteiger partial charge in [0.15, 0.2) is 0 Å². The maximum absolute atomic E-state index is 11.6. The highest BCUT2D eigenvalue weighted by atomic mass is 32.1. The summed E-state index contributed by atoms with van der Waals surface area (Å²) in [5.41, 5.74) is 2.02. The summed E-state index contributed by atoms with van der Waals surface area (Å²) in [7, 11) is 0. The van der Waals surface area contributed by atoms with E-state index in [-0.39, 0.29) is 5.56 Å². The molecule has 1 aliphatic rings. The second-order valence-electron chi connectivity index (χ2n) is 6.67. The number of hydrogen-bond acceptors (Lipinski definition) is 6. The largest absolute Gasteiger partial charge is 0.344 e. The van der Waals surface area contributed by atoms with Crippen LogP contribution in [0.15, 0.2) is 41.2 Å². The van der Waals surface area contributed by atoms with E-state index in [1.807, 2.05) is 6.92 Å². The number of hydrogen-bond donors (Lipinski definition) is 0. The fraction of sp³-hybridized carbons (Fsp3) is 0.421. The van der Waals surface area contributed by atoms with Crippen molar-refractivity contribution >= 4 is 21.4 Å². The van der Waals surface area contributed by atoms with Gasteiger partial charge in [-0.15, -0.1) is 5.10 Å². The molecule has 26 heavy (non-hydrogen) atoms. The first-order valence-corrected chi connectivity index (χ1v) is 9.89. The molecule has 0 N–H and O–H groups in total. The van der Waals surface area contributed by atoms with Crippen LogP contribution < -0.4 is 10.5 Å². The van der Waals surface area contributed by atoms with Crippen molar-refractivity contribution < 1.29 is 0 Å². The third-order valence-corrected chi connectivity index (χ3v) is 5.99. The summed E-state index contributed by atoms with van der Waals surface area (Å²) in [6, 6.07) is 12.7. The van der Waals surface area contributed by atoms with E-state index >= 15 is 0 Å². The Labute approximate surface area is 156 Å². The summed E-state index contributed by atoms with van der Waals surface area (Å²) in [5.74, 6) is 0. The molecular weight excluding hydrogens is 346 g/mol. The molecule has 6 nitrogen and oxygen atoms in total. The van der Waals surface area contributed by atoms with Crippen LogP contribution in [0.3, 0.4) is 0 Å². The van der Waals surface area contributed by atoms with Gasteiger partial charge in [-0.3, -0.25) is 9.69 Å². The monoisotopic (exact) mass is 369 g/mol. The Bertz CT molecular complexity index is 943. The van der Waals surface area contributed by atoms with Crippen molar-refractivity contribution in [1.82, 2.24) is 19.5 Å². The first-order valence-electron chi connectivity index (χ1n) is 9.07. The van der Waals surface area contributed by atoms with Crippen molar-refractivity contribution in [2.24, 2.45) is 0 Å². The number of anilines is 1. The van der Waals surface area contributed by atoms with Crippen molar-refractivity contribution in [1.29, 1.82) is 0 Å². The topological polar surface area (TPSA) is 53.7 Å². The van der Waals surface area contributed by atoms with Crippen LogP contribution >= 0.6 is 11.3 Å². The van der Waals surface area contributed by atoms with Crippen molar-refractivity contribution in [3.63, 3.8) is 0 Å². The van der Waals surface area contributed by atoms with Gasteiger partial charge in [0.05, 0.1) is 0 Å². The number of nitrogens with zero attached hydrogens (tertiary/aromatic N) is 5. The second-order valence-corrected chi connectivity index (χ2v) is 7.61. The van der Waals surface area contributed by atoms with Gasteiger partial charge in [0.2, 0.25) is 10.1 Å². The van der Waals surface area contributed by atoms with E-state index in [1.54, 1.807) is 4.52 Å². The summed E-state index contributed by atoms with van der Waals surface area (Å²) in [5, 5.41) is 5.61. The first kappa shape index (κ1) is 17.2. The Morgan fingerprint density at radius 3 is 2.58 bits per heavy atom. The minimum Gasteiger partial charge on any atom is -0.344 e. The highest BCUT2D eigenvalue weighted by molar-refractivity contribution is 7.20. The molecule has 1 fully saturated rings. The lowest BCUT2D eigenvalue weighted by Gasteiger charge is -2.39. The van der Waals surface area contributed by atoms with E-state index in [0.717, 1.165) is 43.4 Å². The van der Waals surface area contributed by atoms with Gasteiger partial charge in [0.1, 0.15) is 0 Å². The van der Waals surface area contributed by atoms with Crippen LogP contribution in [0.5, 0.6) is 0 Å². The molecule has 1 saturated heterocycles. The van der Waals surface area contributed by atoms with Crippen LogP contribution in [-0.2, 0) is 0 Å². The van der Waals surface area contributed by atoms with Crippen molar-refractivity contribution in [2.75, 3.05) is 31.1 Å². The number of benzene rings is 1. The Morgan fingerprint density at radius 2 is 1.88 bits per heavy atom. The number of aromatic nitrogens is 3. The zero-order valence-electron chi connectivity index (χ0n) is 15.1. The molecule has 3 heterocycles. The molecule has 0 aliphatic carbocycles. The van der Waals surface area contributed by atoms with Crippen LogP contribution in [0.2, 0.25) is 0 Å². The van der Waals surface area contributed by atoms with Crippen LogP contribution in [-0.4, -0.2) is 45.7 Å². The molecular formula is C19H23N5OS. The van der Waals surface area contributed by atoms with Crippen LogP contribution in [0, 0.1) is 6.92 Å². The lowest BCUT2D eigenvalue weighted by Crippen LogP contribution is -2.47. The third kappa shape index (κ3) is 3.24. The first-order chi connectivity index (χ1) is 12.7. The van der Waals surface area contributed by atoms with Gasteiger partial charge < -0.3 is 4.90 Å². The highest BCUT2D eigenvalue weighted by Gasteiger charge is 2.25. The third-order valence-electron chi connectivity index (χ3n) is 5.02. The number of aryl methyl sites for hydroxylation is 1. The molecule has 0 bridgehead atoms. The van der Waals surface area contributed by atoms with Crippen molar-refractivity contribution in [3.8, 4) is 0 Å². The zero-order valence-corrected chi connectivity index (χ0v) is 15.9. The van der Waals surface area contributed by atoms with E-state index in [0.29, 0.717) is 11.0 Å². The Kier molecular flexibility index (Phi) is 4.74. The van der Waals surface area contributed by atoms with Gasteiger partial charge in [-0.1, -0.05) is 48.6 Å². The maximum atomic E-state index is 11.6. The van der Waals surface area contributed by atoms with E-state index < -0.39 is 0 Å². The van der Waals surface area contributed by atoms with Gasteiger partial charge in [-0.25, -0.2) is 4.52 Å². The van der Waals surface area contributed by atoms with Gasteiger partial charge in [0.25, 0.3) is 5.56 Å². The van der Waals surface area contributed by atoms with Gasteiger partial charge >= 0.3 is 0 Å². The normalized spacial score (nSPS) is 16.9. The fourth-order valence-corrected chi connectivity index (χ4v) is 4.68.